The second-order valence-corrected chi connectivity index (χ2v) is 5.10. The van der Waals surface area contributed by atoms with Gasteiger partial charge < -0.3 is 15.1 Å². The summed E-state index contributed by atoms with van der Waals surface area (Å²) in [5.74, 6) is -0.144. The minimum absolute atomic E-state index is 0.144. The van der Waals surface area contributed by atoms with Gasteiger partial charge in [-0.2, -0.15) is 0 Å². The number of carbonyl (C=O) groups excluding carboxylic acids is 1. The monoisotopic (exact) mass is 333 g/mol. The van der Waals surface area contributed by atoms with Gasteiger partial charge in [0.05, 0.1) is 12.2 Å². The molecule has 2 rings (SSSR count). The molecule has 2 N–H and O–H groups in total. The minimum atomic E-state index is -0.827. The number of likely N-dealkylation sites (tertiary alicyclic amines) is 1. The third-order valence-electron chi connectivity index (χ3n) is 2.62. The van der Waals surface area contributed by atoms with Crippen LogP contribution in [0.4, 0.5) is 0 Å². The van der Waals surface area contributed by atoms with Crippen molar-refractivity contribution in [2.24, 2.45) is 0 Å². The van der Waals surface area contributed by atoms with E-state index in [-0.39, 0.29) is 19.0 Å². The molecule has 1 saturated heterocycles. The number of nitrogens with zero attached hydrogens (tertiary/aromatic N) is 1. The first kappa shape index (κ1) is 11.8. The Hall–Kier alpha value is -0.660. The maximum Gasteiger partial charge on any atom is 0.254 e. The van der Waals surface area contributed by atoms with Crippen LogP contribution in [0.15, 0.2) is 24.3 Å². The van der Waals surface area contributed by atoms with Gasteiger partial charge in [-0.1, -0.05) is 6.07 Å². The molecule has 4 nitrogen and oxygen atoms in total. The fraction of sp³-hybridized carbons (Fsp3) is 0.364. The highest BCUT2D eigenvalue weighted by Gasteiger charge is 2.32. The maximum atomic E-state index is 12.0. The minimum Gasteiger partial charge on any atom is -0.388 e. The summed E-state index contributed by atoms with van der Waals surface area (Å²) in [5, 5.41) is 18.7. The summed E-state index contributed by atoms with van der Waals surface area (Å²) in [6, 6.07) is 7.25. The Balaban J connectivity index is 2.14. The van der Waals surface area contributed by atoms with E-state index in [0.29, 0.717) is 5.56 Å². The van der Waals surface area contributed by atoms with Crippen molar-refractivity contribution < 1.29 is 15.0 Å². The van der Waals surface area contributed by atoms with Gasteiger partial charge in [0.1, 0.15) is 0 Å². The van der Waals surface area contributed by atoms with E-state index in [9.17, 15) is 15.0 Å². The molecular weight excluding hydrogens is 321 g/mol. The van der Waals surface area contributed by atoms with E-state index in [1.54, 1.807) is 12.1 Å². The number of aliphatic hydroxyl groups excluding tert-OH is 2. The standard InChI is InChI=1S/C11H12INO3/c12-8-3-1-2-7(4-8)11(16)13-5-9(14)10(15)6-13/h1-4,9-10,14-15H,5-6H2/t9-,10+. The van der Waals surface area contributed by atoms with Gasteiger partial charge in [-0.15, -0.1) is 0 Å². The second-order valence-electron chi connectivity index (χ2n) is 3.86. The number of carbonyl (C=O) groups is 1. The molecule has 0 aliphatic carbocycles. The van der Waals surface area contributed by atoms with Crippen LogP contribution >= 0.6 is 22.6 Å². The molecule has 0 unspecified atom stereocenters. The number of hydrogen-bond donors (Lipinski definition) is 2. The van der Waals surface area contributed by atoms with E-state index in [1.165, 1.54) is 4.90 Å². The van der Waals surface area contributed by atoms with Gasteiger partial charge in [0.25, 0.3) is 5.91 Å². The van der Waals surface area contributed by atoms with Crippen LogP contribution in [0.1, 0.15) is 10.4 Å². The van der Waals surface area contributed by atoms with Gasteiger partial charge in [-0.3, -0.25) is 4.79 Å². The Labute approximate surface area is 107 Å². The fourth-order valence-electron chi connectivity index (χ4n) is 1.74. The molecule has 1 aromatic carbocycles. The first-order valence-corrected chi connectivity index (χ1v) is 6.07. The first-order chi connectivity index (χ1) is 7.58. The van der Waals surface area contributed by atoms with Crippen molar-refractivity contribution in [2.75, 3.05) is 13.1 Å². The quantitative estimate of drug-likeness (QED) is 0.735. The van der Waals surface area contributed by atoms with E-state index in [1.807, 2.05) is 12.1 Å². The van der Waals surface area contributed by atoms with Crippen molar-refractivity contribution in [1.29, 1.82) is 0 Å². The normalized spacial score (nSPS) is 24.8. The average Bonchev–Trinajstić information content (AvgIpc) is 2.58. The summed E-state index contributed by atoms with van der Waals surface area (Å²) in [7, 11) is 0. The molecule has 2 atom stereocenters. The predicted octanol–water partition coefficient (Wildman–Crippen LogP) is 0.469. The third kappa shape index (κ3) is 2.36. The zero-order valence-corrected chi connectivity index (χ0v) is 10.7. The molecule has 1 amide bonds. The molecule has 16 heavy (non-hydrogen) atoms. The third-order valence-corrected chi connectivity index (χ3v) is 3.29. The lowest BCUT2D eigenvalue weighted by Gasteiger charge is -2.15. The summed E-state index contributed by atoms with van der Waals surface area (Å²) in [4.78, 5) is 13.5. The Bertz CT molecular complexity index is 400. The highest BCUT2D eigenvalue weighted by molar-refractivity contribution is 14.1. The molecule has 0 saturated carbocycles. The lowest BCUT2D eigenvalue weighted by Crippen LogP contribution is -2.29. The molecule has 1 aliphatic heterocycles. The lowest BCUT2D eigenvalue weighted by atomic mass is 10.2. The van der Waals surface area contributed by atoms with Crippen LogP contribution in [0.3, 0.4) is 0 Å². The van der Waals surface area contributed by atoms with Crippen LogP contribution in [0.25, 0.3) is 0 Å². The van der Waals surface area contributed by atoms with Crippen LogP contribution in [0.5, 0.6) is 0 Å². The van der Waals surface area contributed by atoms with Crippen LogP contribution in [-0.4, -0.2) is 46.3 Å². The topological polar surface area (TPSA) is 60.8 Å². The summed E-state index contributed by atoms with van der Waals surface area (Å²) >= 11 is 2.14. The molecule has 5 heteroatoms. The van der Waals surface area contributed by atoms with E-state index < -0.39 is 12.2 Å². The largest absolute Gasteiger partial charge is 0.388 e. The summed E-state index contributed by atoms with van der Waals surface area (Å²) < 4.78 is 0.990. The van der Waals surface area contributed by atoms with Crippen LogP contribution < -0.4 is 0 Å². The Morgan fingerprint density at radius 3 is 2.50 bits per heavy atom. The summed E-state index contributed by atoms with van der Waals surface area (Å²) in [6.07, 6.45) is -1.65. The predicted molar refractivity (Wildman–Crippen MR) is 67.1 cm³/mol. The molecule has 1 aliphatic rings. The first-order valence-electron chi connectivity index (χ1n) is 4.99. The molecule has 1 aromatic rings. The highest BCUT2D eigenvalue weighted by atomic mass is 127. The van der Waals surface area contributed by atoms with Crippen molar-refractivity contribution in [3.8, 4) is 0 Å². The number of hydrogen-bond acceptors (Lipinski definition) is 3. The zero-order chi connectivity index (χ0) is 11.7. The molecule has 0 bridgehead atoms. The zero-order valence-electron chi connectivity index (χ0n) is 8.51. The van der Waals surface area contributed by atoms with Gasteiger partial charge in [-0.25, -0.2) is 0 Å². The Morgan fingerprint density at radius 2 is 1.94 bits per heavy atom. The maximum absolute atomic E-state index is 12.0. The highest BCUT2D eigenvalue weighted by Crippen LogP contribution is 2.15. The van der Waals surface area contributed by atoms with Gasteiger partial charge in [0, 0.05) is 22.2 Å². The Morgan fingerprint density at radius 1 is 1.31 bits per heavy atom. The van der Waals surface area contributed by atoms with Crippen LogP contribution in [-0.2, 0) is 0 Å². The van der Waals surface area contributed by atoms with E-state index >= 15 is 0 Å². The summed E-state index contributed by atoms with van der Waals surface area (Å²) in [5.41, 5.74) is 0.591. The molecule has 1 heterocycles. The molecule has 0 spiro atoms. The molecular formula is C11H12INO3. The van der Waals surface area contributed by atoms with E-state index in [0.717, 1.165) is 3.57 Å². The van der Waals surface area contributed by atoms with E-state index in [4.69, 9.17) is 0 Å². The van der Waals surface area contributed by atoms with Gasteiger partial charge >= 0.3 is 0 Å². The van der Waals surface area contributed by atoms with Crippen molar-refractivity contribution in [2.45, 2.75) is 12.2 Å². The average molecular weight is 333 g/mol. The van der Waals surface area contributed by atoms with Gasteiger partial charge in [-0.05, 0) is 40.8 Å². The summed E-state index contributed by atoms with van der Waals surface area (Å²) in [6.45, 7) is 0.400. The van der Waals surface area contributed by atoms with Crippen molar-refractivity contribution in [3.63, 3.8) is 0 Å². The molecule has 1 fully saturated rings. The van der Waals surface area contributed by atoms with Gasteiger partial charge in [0.2, 0.25) is 0 Å². The second kappa shape index (κ2) is 4.68. The molecule has 0 radical (unpaired) electrons. The number of β-amino-alcohol motifs (C(OH)–C–C–N with tert-alkyl or cyclic N) is 2. The molecule has 0 aromatic heterocycles. The SMILES string of the molecule is O=C(c1cccc(I)c1)N1C[C@@H](O)[C@@H](O)C1. The Kier molecular flexibility index (Phi) is 3.46. The number of benzene rings is 1. The van der Waals surface area contributed by atoms with Gasteiger partial charge in [0.15, 0.2) is 0 Å². The lowest BCUT2D eigenvalue weighted by molar-refractivity contribution is 0.0572. The van der Waals surface area contributed by atoms with Crippen molar-refractivity contribution >= 4 is 28.5 Å². The van der Waals surface area contributed by atoms with Crippen LogP contribution in [0.2, 0.25) is 0 Å². The number of rotatable bonds is 1. The molecule has 86 valence electrons. The van der Waals surface area contributed by atoms with Crippen molar-refractivity contribution in [3.05, 3.63) is 33.4 Å². The fourth-order valence-corrected chi connectivity index (χ4v) is 2.28. The van der Waals surface area contributed by atoms with Crippen molar-refractivity contribution in [1.82, 2.24) is 4.90 Å². The smallest absolute Gasteiger partial charge is 0.254 e. The number of halogens is 1. The van der Waals surface area contributed by atoms with E-state index in [2.05, 4.69) is 22.6 Å². The number of amides is 1. The number of aliphatic hydroxyl groups is 2. The van der Waals surface area contributed by atoms with Crippen LogP contribution in [0, 0.1) is 3.57 Å².